The number of halogens is 3. The number of hydrogen-bond donors (Lipinski definition) is 3. The van der Waals surface area contributed by atoms with Crippen molar-refractivity contribution in [1.29, 1.82) is 0 Å². The van der Waals surface area contributed by atoms with Crippen LogP contribution in [-0.4, -0.2) is 76.5 Å². The molecule has 1 aromatic carbocycles. The van der Waals surface area contributed by atoms with Crippen LogP contribution in [0.15, 0.2) is 36.7 Å². The van der Waals surface area contributed by atoms with E-state index in [0.717, 1.165) is 47.4 Å². The second-order valence-electron chi connectivity index (χ2n) is 9.39. The molecule has 2 aromatic heterocycles. The van der Waals surface area contributed by atoms with Gasteiger partial charge < -0.3 is 11.1 Å². The maximum atomic E-state index is 13.6. The van der Waals surface area contributed by atoms with Crippen LogP contribution in [0.3, 0.4) is 0 Å². The fourth-order valence-corrected chi connectivity index (χ4v) is 5.44. The molecule has 4 N–H and O–H groups in total. The van der Waals surface area contributed by atoms with Crippen molar-refractivity contribution in [3.63, 3.8) is 0 Å². The van der Waals surface area contributed by atoms with Crippen LogP contribution in [-0.2, 0) is 12.0 Å². The van der Waals surface area contributed by atoms with Crippen LogP contribution in [0, 0.1) is 0 Å². The molecular formula is C24H30F3N7. The molecule has 0 spiro atoms. The molecule has 4 heterocycles. The number of hydrogen-bond acceptors (Lipinski definition) is 6. The van der Waals surface area contributed by atoms with Crippen LogP contribution < -0.4 is 11.1 Å². The monoisotopic (exact) mass is 473 g/mol. The number of rotatable bonds is 8. The maximum absolute atomic E-state index is 13.6. The Morgan fingerprint density at radius 2 is 2.06 bits per heavy atom. The minimum atomic E-state index is -2.52. The molecule has 2 atom stereocenters. The summed E-state index contributed by atoms with van der Waals surface area (Å²) in [7, 11) is 0. The van der Waals surface area contributed by atoms with Gasteiger partial charge in [0.15, 0.2) is 0 Å². The number of aromatic amines is 1. The first kappa shape index (κ1) is 23.1. The summed E-state index contributed by atoms with van der Waals surface area (Å²) in [6, 6.07) is 8.01. The number of nitrogens with one attached hydrogen (secondary N) is 2. The van der Waals surface area contributed by atoms with E-state index in [1.54, 1.807) is 17.3 Å². The molecule has 0 radical (unpaired) electrons. The molecule has 10 heteroatoms. The third-order valence-electron chi connectivity index (χ3n) is 7.18. The molecule has 0 amide bonds. The molecule has 2 aliphatic heterocycles. The Morgan fingerprint density at radius 1 is 1.24 bits per heavy atom. The van der Waals surface area contributed by atoms with Crippen LogP contribution in [0.5, 0.6) is 0 Å². The number of nitrogens with zero attached hydrogens (tertiary/aromatic N) is 4. The molecule has 1 saturated heterocycles. The van der Waals surface area contributed by atoms with Crippen molar-refractivity contribution < 1.29 is 13.2 Å². The lowest BCUT2D eigenvalue weighted by Gasteiger charge is -2.49. The zero-order valence-electron chi connectivity index (χ0n) is 19.1. The molecule has 3 aromatic rings. The first-order chi connectivity index (χ1) is 16.4. The molecule has 7 nitrogen and oxygen atoms in total. The Balaban J connectivity index is 1.44. The zero-order valence-corrected chi connectivity index (χ0v) is 19.1. The van der Waals surface area contributed by atoms with E-state index in [9.17, 15) is 13.2 Å². The Hall–Kier alpha value is -2.69. The highest BCUT2D eigenvalue weighted by atomic mass is 19.3. The third kappa shape index (κ3) is 4.03. The minimum Gasteiger partial charge on any atom is -0.378 e. The zero-order chi connectivity index (χ0) is 23.9. The summed E-state index contributed by atoms with van der Waals surface area (Å²) in [5, 5.41) is 11.5. The second kappa shape index (κ2) is 9.16. The van der Waals surface area contributed by atoms with E-state index in [1.165, 1.54) is 0 Å². The van der Waals surface area contributed by atoms with Crippen molar-refractivity contribution in [3.8, 4) is 0 Å². The third-order valence-corrected chi connectivity index (χ3v) is 7.18. The van der Waals surface area contributed by atoms with E-state index in [2.05, 4.69) is 20.4 Å². The first-order valence-corrected chi connectivity index (χ1v) is 11.7. The average Bonchev–Trinajstić information content (AvgIpc) is 3.28. The predicted octanol–water partition coefficient (Wildman–Crippen LogP) is 3.09. The smallest absolute Gasteiger partial charge is 0.251 e. The molecule has 5 rings (SSSR count). The van der Waals surface area contributed by atoms with Crippen LogP contribution in [0.4, 0.5) is 18.9 Å². The lowest BCUT2D eigenvalue weighted by molar-refractivity contribution is 0.00292. The van der Waals surface area contributed by atoms with E-state index in [0.29, 0.717) is 18.5 Å². The quantitative estimate of drug-likeness (QED) is 0.466. The van der Waals surface area contributed by atoms with Gasteiger partial charge in [0.05, 0.1) is 60.3 Å². The molecule has 0 unspecified atom stereocenters. The van der Waals surface area contributed by atoms with Gasteiger partial charge in [-0.15, -0.1) is 0 Å². The summed E-state index contributed by atoms with van der Waals surface area (Å²) >= 11 is 0. The van der Waals surface area contributed by atoms with Crippen molar-refractivity contribution in [3.05, 3.63) is 53.5 Å². The van der Waals surface area contributed by atoms with Gasteiger partial charge in [-0.2, -0.15) is 5.10 Å². The fraction of sp³-hybridized carbons (Fsp3) is 0.500. The number of nitrogens with two attached hydrogens (primary N) is 1. The summed E-state index contributed by atoms with van der Waals surface area (Å²) < 4.78 is 39.6. The summed E-state index contributed by atoms with van der Waals surface area (Å²) in [4.78, 5) is 8.59. The SMILES string of the molecule is C[C@@]1(c2ccc(NC3CN(CCCF)C3)cn2)c2ccc3[nH]ncc3c2C[C@@H](N)N1CC(F)F. The number of benzene rings is 1. The summed E-state index contributed by atoms with van der Waals surface area (Å²) in [5.41, 5.74) is 9.91. The predicted molar refractivity (Wildman–Crippen MR) is 126 cm³/mol. The summed E-state index contributed by atoms with van der Waals surface area (Å²) in [6.07, 6.45) is 1.42. The second-order valence-corrected chi connectivity index (χ2v) is 9.39. The fourth-order valence-electron chi connectivity index (χ4n) is 5.44. The van der Waals surface area contributed by atoms with Gasteiger partial charge in [0.1, 0.15) is 0 Å². The van der Waals surface area contributed by atoms with E-state index in [1.807, 2.05) is 31.2 Å². The highest BCUT2D eigenvalue weighted by Crippen LogP contribution is 2.44. The van der Waals surface area contributed by atoms with Crippen LogP contribution in [0.25, 0.3) is 10.9 Å². The van der Waals surface area contributed by atoms with Crippen molar-refractivity contribution in [2.24, 2.45) is 5.73 Å². The maximum Gasteiger partial charge on any atom is 0.251 e. The lowest BCUT2D eigenvalue weighted by Crippen LogP contribution is -2.59. The van der Waals surface area contributed by atoms with Gasteiger partial charge in [-0.25, -0.2) is 8.78 Å². The number of alkyl halides is 3. The summed E-state index contributed by atoms with van der Waals surface area (Å²) in [6.45, 7) is 3.69. The average molecular weight is 474 g/mol. The number of anilines is 1. The molecular weight excluding hydrogens is 443 g/mol. The number of likely N-dealkylation sites (tertiary alicyclic amines) is 1. The number of aromatic nitrogens is 3. The van der Waals surface area contributed by atoms with Gasteiger partial charge in [0.25, 0.3) is 6.43 Å². The largest absolute Gasteiger partial charge is 0.378 e. The Morgan fingerprint density at radius 3 is 2.76 bits per heavy atom. The molecule has 182 valence electrons. The minimum absolute atomic E-state index is 0.288. The Bertz CT molecular complexity index is 1130. The number of pyridine rings is 1. The van der Waals surface area contributed by atoms with E-state index >= 15 is 0 Å². The summed E-state index contributed by atoms with van der Waals surface area (Å²) in [5.74, 6) is 0. The topological polar surface area (TPSA) is 86.1 Å². The molecule has 2 aliphatic rings. The van der Waals surface area contributed by atoms with Gasteiger partial charge in [0.2, 0.25) is 0 Å². The molecule has 0 saturated carbocycles. The Labute approximate surface area is 196 Å². The van der Waals surface area contributed by atoms with Crippen molar-refractivity contribution in [2.75, 3.05) is 38.2 Å². The van der Waals surface area contributed by atoms with Crippen molar-refractivity contribution in [2.45, 2.75) is 43.9 Å². The van der Waals surface area contributed by atoms with Gasteiger partial charge in [-0.1, -0.05) is 6.07 Å². The van der Waals surface area contributed by atoms with Crippen LogP contribution in [0.2, 0.25) is 0 Å². The normalized spacial score (nSPS) is 23.9. The highest BCUT2D eigenvalue weighted by molar-refractivity contribution is 5.84. The van der Waals surface area contributed by atoms with Crippen LogP contribution >= 0.6 is 0 Å². The van der Waals surface area contributed by atoms with Gasteiger partial charge in [-0.3, -0.25) is 24.3 Å². The van der Waals surface area contributed by atoms with Gasteiger partial charge in [0, 0.05) is 31.4 Å². The molecule has 34 heavy (non-hydrogen) atoms. The van der Waals surface area contributed by atoms with Gasteiger partial charge >= 0.3 is 0 Å². The van der Waals surface area contributed by atoms with Crippen molar-refractivity contribution in [1.82, 2.24) is 25.0 Å². The van der Waals surface area contributed by atoms with E-state index in [4.69, 9.17) is 10.7 Å². The Kier molecular flexibility index (Phi) is 6.22. The number of fused-ring (bicyclic) bond motifs is 3. The van der Waals surface area contributed by atoms with E-state index < -0.39 is 24.7 Å². The van der Waals surface area contributed by atoms with Crippen molar-refractivity contribution >= 4 is 16.6 Å². The van der Waals surface area contributed by atoms with Gasteiger partial charge in [-0.05, 0) is 42.7 Å². The standard InChI is InChI=1S/C24H30F3N7/c1-24(21-6-3-15(10-29-21)31-16-12-33(13-16)8-2-7-25)19-4-5-20-18(11-30-32-20)17(19)9-23(28)34(24)14-22(26)27/h3-6,10-11,16,22-23,31H,2,7-9,12-14,28H2,1H3,(H,30,32)/t23-,24-/m0/s1. The van der Waals surface area contributed by atoms with E-state index in [-0.39, 0.29) is 12.7 Å². The molecule has 0 bridgehead atoms. The highest BCUT2D eigenvalue weighted by Gasteiger charge is 2.46. The number of H-pyrrole nitrogens is 1. The molecule has 0 aliphatic carbocycles. The first-order valence-electron chi connectivity index (χ1n) is 11.7. The lowest BCUT2D eigenvalue weighted by atomic mass is 9.77. The molecule has 1 fully saturated rings. The van der Waals surface area contributed by atoms with Crippen LogP contribution in [0.1, 0.15) is 30.2 Å².